The van der Waals surface area contributed by atoms with Crippen molar-refractivity contribution in [2.24, 2.45) is 0 Å². The zero-order valence-electron chi connectivity index (χ0n) is 13.8. The molecule has 5 N–H and O–H groups in total. The number of hydrogen-bond acceptors (Lipinski definition) is 10. The first-order chi connectivity index (χ1) is 11.3. The smallest absolute Gasteiger partial charge is 0.187 e. The molecule has 2 fully saturated rings. The van der Waals surface area contributed by atoms with Crippen LogP contribution in [0, 0.1) is 0 Å². The SMILES string of the molecule is CO[C@@H]1[C@@H](O[C@@H]2O[C@H](CO)[C@@H](O)[C@H](O)[C@H]2O)[C@H](C)OC(O)[C@@H]1OC. The van der Waals surface area contributed by atoms with E-state index in [1.807, 2.05) is 0 Å². The summed E-state index contributed by atoms with van der Waals surface area (Å²) in [5, 5.41) is 48.8. The Morgan fingerprint density at radius 3 is 2.00 bits per heavy atom. The summed E-state index contributed by atoms with van der Waals surface area (Å²) < 4.78 is 26.9. The summed E-state index contributed by atoms with van der Waals surface area (Å²) >= 11 is 0. The molecule has 0 spiro atoms. The van der Waals surface area contributed by atoms with Crippen molar-refractivity contribution in [1.29, 1.82) is 0 Å². The third-order valence-corrected chi connectivity index (χ3v) is 4.43. The van der Waals surface area contributed by atoms with Crippen LogP contribution in [-0.2, 0) is 23.7 Å². The fraction of sp³-hybridized carbons (Fsp3) is 1.00. The van der Waals surface area contributed by atoms with E-state index >= 15 is 0 Å². The fourth-order valence-electron chi connectivity index (χ4n) is 3.03. The second-order valence-corrected chi connectivity index (χ2v) is 5.93. The largest absolute Gasteiger partial charge is 0.394 e. The van der Waals surface area contributed by atoms with E-state index in [1.54, 1.807) is 6.92 Å². The van der Waals surface area contributed by atoms with Crippen LogP contribution in [0.5, 0.6) is 0 Å². The van der Waals surface area contributed by atoms with E-state index in [9.17, 15) is 25.5 Å². The van der Waals surface area contributed by atoms with E-state index in [1.165, 1.54) is 14.2 Å². The lowest BCUT2D eigenvalue weighted by molar-refractivity contribution is -0.354. The van der Waals surface area contributed by atoms with Crippen LogP contribution in [-0.4, -0.2) is 108 Å². The quantitative estimate of drug-likeness (QED) is 0.345. The average molecular weight is 354 g/mol. The Kier molecular flexibility index (Phi) is 6.90. The summed E-state index contributed by atoms with van der Waals surface area (Å²) in [7, 11) is 2.79. The maximum absolute atomic E-state index is 10.1. The van der Waals surface area contributed by atoms with Gasteiger partial charge in [0, 0.05) is 14.2 Å². The Labute approximate surface area is 139 Å². The summed E-state index contributed by atoms with van der Waals surface area (Å²) in [5.74, 6) is 0. The van der Waals surface area contributed by atoms with Crippen LogP contribution >= 0.6 is 0 Å². The van der Waals surface area contributed by atoms with Gasteiger partial charge >= 0.3 is 0 Å². The molecule has 2 saturated heterocycles. The number of ether oxygens (including phenoxy) is 5. The Bertz CT molecular complexity index is 394. The third kappa shape index (κ3) is 3.73. The first kappa shape index (κ1) is 19.9. The predicted molar refractivity (Wildman–Crippen MR) is 76.8 cm³/mol. The van der Waals surface area contributed by atoms with Crippen molar-refractivity contribution in [2.75, 3.05) is 20.8 Å². The van der Waals surface area contributed by atoms with Crippen LogP contribution in [0.1, 0.15) is 6.92 Å². The molecular weight excluding hydrogens is 328 g/mol. The van der Waals surface area contributed by atoms with Crippen LogP contribution in [0.15, 0.2) is 0 Å². The molecule has 0 saturated carbocycles. The van der Waals surface area contributed by atoms with Crippen LogP contribution in [0.3, 0.4) is 0 Å². The summed E-state index contributed by atoms with van der Waals surface area (Å²) in [6.07, 6.45) is -11.2. The molecule has 2 rings (SSSR count). The van der Waals surface area contributed by atoms with Crippen molar-refractivity contribution < 1.29 is 49.2 Å². The van der Waals surface area contributed by atoms with Gasteiger partial charge in [-0.3, -0.25) is 0 Å². The third-order valence-electron chi connectivity index (χ3n) is 4.43. The molecule has 0 aromatic heterocycles. The average Bonchev–Trinajstić information content (AvgIpc) is 2.56. The molecule has 0 aliphatic carbocycles. The van der Waals surface area contributed by atoms with E-state index in [0.717, 1.165) is 0 Å². The lowest BCUT2D eigenvalue weighted by Crippen LogP contribution is -2.64. The van der Waals surface area contributed by atoms with Gasteiger partial charge in [-0.25, -0.2) is 0 Å². The monoisotopic (exact) mass is 354 g/mol. The lowest BCUT2D eigenvalue weighted by atomic mass is 9.97. The Balaban J connectivity index is 2.14. The van der Waals surface area contributed by atoms with Crippen molar-refractivity contribution in [3.63, 3.8) is 0 Å². The second kappa shape index (κ2) is 8.32. The molecule has 142 valence electrons. The number of aliphatic hydroxyl groups excluding tert-OH is 5. The minimum atomic E-state index is -1.55. The molecule has 24 heavy (non-hydrogen) atoms. The van der Waals surface area contributed by atoms with Gasteiger partial charge in [-0.2, -0.15) is 0 Å². The number of methoxy groups -OCH3 is 2. The van der Waals surface area contributed by atoms with Gasteiger partial charge in [0.05, 0.1) is 12.7 Å². The highest BCUT2D eigenvalue weighted by molar-refractivity contribution is 4.93. The van der Waals surface area contributed by atoms with Crippen LogP contribution in [0.4, 0.5) is 0 Å². The highest BCUT2D eigenvalue weighted by atomic mass is 16.7. The Hall–Kier alpha value is -0.400. The number of hydrogen-bond donors (Lipinski definition) is 5. The maximum atomic E-state index is 10.1. The van der Waals surface area contributed by atoms with Gasteiger partial charge in [0.15, 0.2) is 12.6 Å². The Morgan fingerprint density at radius 1 is 0.833 bits per heavy atom. The maximum Gasteiger partial charge on any atom is 0.187 e. The van der Waals surface area contributed by atoms with Crippen LogP contribution in [0.2, 0.25) is 0 Å². The molecule has 10 nitrogen and oxygen atoms in total. The molecule has 2 aliphatic rings. The molecular formula is C14H26O10. The normalized spacial score (nSPS) is 50.0. The molecule has 0 amide bonds. The molecule has 1 unspecified atom stereocenters. The van der Waals surface area contributed by atoms with Gasteiger partial charge in [-0.05, 0) is 6.92 Å². The molecule has 10 heteroatoms. The second-order valence-electron chi connectivity index (χ2n) is 5.93. The van der Waals surface area contributed by atoms with E-state index in [4.69, 9.17) is 23.7 Å². The van der Waals surface area contributed by atoms with Crippen LogP contribution < -0.4 is 0 Å². The van der Waals surface area contributed by atoms with Crippen molar-refractivity contribution in [1.82, 2.24) is 0 Å². The molecule has 0 aromatic rings. The van der Waals surface area contributed by atoms with Crippen molar-refractivity contribution in [2.45, 2.75) is 68.3 Å². The molecule has 0 aromatic carbocycles. The first-order valence-corrected chi connectivity index (χ1v) is 7.70. The van der Waals surface area contributed by atoms with Gasteiger partial charge in [0.25, 0.3) is 0 Å². The summed E-state index contributed by atoms with van der Waals surface area (Å²) in [6.45, 7) is 1.07. The topological polar surface area (TPSA) is 147 Å². The van der Waals surface area contributed by atoms with Crippen molar-refractivity contribution >= 4 is 0 Å². The zero-order valence-corrected chi connectivity index (χ0v) is 13.8. The molecule has 10 atom stereocenters. The molecule has 0 radical (unpaired) electrons. The van der Waals surface area contributed by atoms with Crippen molar-refractivity contribution in [3.05, 3.63) is 0 Å². The van der Waals surface area contributed by atoms with E-state index in [2.05, 4.69) is 0 Å². The molecule has 2 heterocycles. The summed E-state index contributed by atoms with van der Waals surface area (Å²) in [6, 6.07) is 0. The minimum Gasteiger partial charge on any atom is -0.394 e. The predicted octanol–water partition coefficient (Wildman–Crippen LogP) is -3.06. The minimum absolute atomic E-state index is 0.561. The van der Waals surface area contributed by atoms with E-state index in [-0.39, 0.29) is 0 Å². The lowest BCUT2D eigenvalue weighted by Gasteiger charge is -2.46. The zero-order chi connectivity index (χ0) is 18.0. The number of aliphatic hydroxyl groups is 5. The van der Waals surface area contributed by atoms with Crippen LogP contribution in [0.25, 0.3) is 0 Å². The van der Waals surface area contributed by atoms with Gasteiger partial charge in [0.1, 0.15) is 42.7 Å². The fourth-order valence-corrected chi connectivity index (χ4v) is 3.03. The summed E-state index contributed by atoms with van der Waals surface area (Å²) in [5.41, 5.74) is 0. The Morgan fingerprint density at radius 2 is 1.46 bits per heavy atom. The highest BCUT2D eigenvalue weighted by Crippen LogP contribution is 2.30. The van der Waals surface area contributed by atoms with Crippen molar-refractivity contribution in [3.8, 4) is 0 Å². The van der Waals surface area contributed by atoms with Gasteiger partial charge < -0.3 is 49.2 Å². The standard InChI is InChI=1S/C14H26O10/c1-5-10(11(20-2)12(21-3)13(19)22-5)24-14-9(18)8(17)7(16)6(4-15)23-14/h5-19H,4H2,1-3H3/t5-,6+,7+,8-,9+,10-,11+,12+,13?,14-/m0/s1. The summed E-state index contributed by atoms with van der Waals surface area (Å²) in [4.78, 5) is 0. The highest BCUT2D eigenvalue weighted by Gasteiger charge is 2.50. The molecule has 2 aliphatic heterocycles. The van der Waals surface area contributed by atoms with E-state index < -0.39 is 68.0 Å². The molecule has 0 bridgehead atoms. The van der Waals surface area contributed by atoms with E-state index in [0.29, 0.717) is 0 Å². The number of rotatable bonds is 5. The van der Waals surface area contributed by atoms with Gasteiger partial charge in [0.2, 0.25) is 0 Å². The van der Waals surface area contributed by atoms with Gasteiger partial charge in [-0.1, -0.05) is 0 Å². The first-order valence-electron chi connectivity index (χ1n) is 7.70. The van der Waals surface area contributed by atoms with Gasteiger partial charge in [-0.15, -0.1) is 0 Å².